The van der Waals surface area contributed by atoms with Gasteiger partial charge >= 0.3 is 5.97 Å². The number of nitrogens with two attached hydrogens (primary N) is 1. The molecule has 1 aromatic carbocycles. The van der Waals surface area contributed by atoms with Crippen LogP contribution in [-0.4, -0.2) is 76.1 Å². The number of amides is 3. The molecule has 4 unspecified atom stereocenters. The first-order valence-corrected chi connectivity index (χ1v) is 11.2. The van der Waals surface area contributed by atoms with E-state index in [1.807, 2.05) is 19.9 Å². The minimum atomic E-state index is -1.23. The highest BCUT2D eigenvalue weighted by Gasteiger charge is 2.39. The highest BCUT2D eigenvalue weighted by molar-refractivity contribution is 5.94. The van der Waals surface area contributed by atoms with Gasteiger partial charge in [-0.3, -0.25) is 14.4 Å². The van der Waals surface area contributed by atoms with Crippen molar-refractivity contribution in [1.29, 1.82) is 0 Å². The zero-order valence-electron chi connectivity index (χ0n) is 19.1. The van der Waals surface area contributed by atoms with Crippen LogP contribution in [0.3, 0.4) is 0 Å². The molecule has 1 fully saturated rings. The van der Waals surface area contributed by atoms with Crippen LogP contribution in [0.5, 0.6) is 0 Å². The molecule has 0 radical (unpaired) electrons. The lowest BCUT2D eigenvalue weighted by molar-refractivity contribution is -0.145. The third-order valence-electron chi connectivity index (χ3n) is 5.60. The average molecular weight is 463 g/mol. The third-order valence-corrected chi connectivity index (χ3v) is 5.60. The van der Waals surface area contributed by atoms with E-state index >= 15 is 0 Å². The minimum Gasteiger partial charge on any atom is -0.480 e. The summed E-state index contributed by atoms with van der Waals surface area (Å²) in [5.74, 6) is -2.73. The molecule has 4 atom stereocenters. The van der Waals surface area contributed by atoms with Crippen molar-refractivity contribution in [2.24, 2.45) is 11.7 Å². The van der Waals surface area contributed by atoms with Crippen LogP contribution in [0, 0.1) is 5.92 Å². The monoisotopic (exact) mass is 462 g/mol. The van der Waals surface area contributed by atoms with Gasteiger partial charge in [0.25, 0.3) is 0 Å². The first-order chi connectivity index (χ1) is 15.6. The predicted octanol–water partition coefficient (Wildman–Crippen LogP) is -0.360. The van der Waals surface area contributed by atoms with Gasteiger partial charge in [-0.2, -0.15) is 0 Å². The maximum atomic E-state index is 13.0. The number of carboxylic acid groups (broad SMARTS) is 1. The maximum absolute atomic E-state index is 13.0. The number of aliphatic carboxylic acids is 1. The SMILES string of the molecule is CC(C)CC(N)C(=O)NC(CO)C(=O)N1CCCC1C(=O)NC(Cc1ccccc1)C(=O)O. The van der Waals surface area contributed by atoms with Gasteiger partial charge in [-0.1, -0.05) is 44.2 Å². The number of carbonyl (C=O) groups excluding carboxylic acids is 3. The quantitative estimate of drug-likeness (QED) is 0.300. The Kier molecular flexibility index (Phi) is 9.80. The Bertz CT molecular complexity index is 832. The van der Waals surface area contributed by atoms with Crippen molar-refractivity contribution >= 4 is 23.7 Å². The Hall–Kier alpha value is -2.98. The molecule has 1 saturated heterocycles. The molecule has 0 aromatic heterocycles. The van der Waals surface area contributed by atoms with Crippen LogP contribution < -0.4 is 16.4 Å². The Morgan fingerprint density at radius 3 is 2.36 bits per heavy atom. The van der Waals surface area contributed by atoms with Gasteiger partial charge in [0.15, 0.2) is 0 Å². The number of rotatable bonds is 11. The Balaban J connectivity index is 2.04. The molecule has 1 heterocycles. The van der Waals surface area contributed by atoms with Crippen LogP contribution in [0.15, 0.2) is 30.3 Å². The van der Waals surface area contributed by atoms with Crippen LogP contribution in [0.4, 0.5) is 0 Å². The zero-order valence-corrected chi connectivity index (χ0v) is 19.1. The van der Waals surface area contributed by atoms with Crippen molar-refractivity contribution in [2.45, 2.75) is 63.7 Å². The summed E-state index contributed by atoms with van der Waals surface area (Å²) in [7, 11) is 0. The Morgan fingerprint density at radius 1 is 1.12 bits per heavy atom. The number of carboxylic acids is 1. The molecule has 0 bridgehead atoms. The van der Waals surface area contributed by atoms with Crippen LogP contribution in [0.2, 0.25) is 0 Å². The van der Waals surface area contributed by atoms with Gasteiger partial charge in [-0.15, -0.1) is 0 Å². The summed E-state index contributed by atoms with van der Waals surface area (Å²) in [5.41, 5.74) is 6.61. The molecule has 1 aliphatic rings. The number of hydrogen-bond acceptors (Lipinski definition) is 6. The smallest absolute Gasteiger partial charge is 0.326 e. The number of nitrogens with zero attached hydrogens (tertiary/aromatic N) is 1. The van der Waals surface area contributed by atoms with E-state index in [1.54, 1.807) is 24.3 Å². The maximum Gasteiger partial charge on any atom is 0.326 e. The van der Waals surface area contributed by atoms with E-state index < -0.39 is 54.5 Å². The van der Waals surface area contributed by atoms with E-state index in [9.17, 15) is 29.4 Å². The van der Waals surface area contributed by atoms with Gasteiger partial charge in [0.2, 0.25) is 17.7 Å². The molecule has 1 aliphatic heterocycles. The fourth-order valence-electron chi connectivity index (χ4n) is 3.90. The number of hydrogen-bond donors (Lipinski definition) is 5. The molecular formula is C23H34N4O6. The number of aliphatic hydroxyl groups excluding tert-OH is 1. The number of likely N-dealkylation sites (tertiary alicyclic amines) is 1. The largest absolute Gasteiger partial charge is 0.480 e. The normalized spacial score (nSPS) is 18.5. The number of nitrogens with one attached hydrogen (secondary N) is 2. The summed E-state index contributed by atoms with van der Waals surface area (Å²) in [5, 5.41) is 24.2. The van der Waals surface area contributed by atoms with Gasteiger partial charge in [-0.05, 0) is 30.7 Å². The topological polar surface area (TPSA) is 162 Å². The summed E-state index contributed by atoms with van der Waals surface area (Å²) in [6, 6.07) is 4.82. The van der Waals surface area contributed by atoms with Crippen molar-refractivity contribution in [3.05, 3.63) is 35.9 Å². The third kappa shape index (κ3) is 7.54. The lowest BCUT2D eigenvalue weighted by Crippen LogP contribution is -2.58. The molecule has 182 valence electrons. The molecule has 33 heavy (non-hydrogen) atoms. The van der Waals surface area contributed by atoms with E-state index in [2.05, 4.69) is 10.6 Å². The van der Waals surface area contributed by atoms with Gasteiger partial charge in [0, 0.05) is 13.0 Å². The summed E-state index contributed by atoms with van der Waals surface area (Å²) in [6.07, 6.45) is 1.42. The van der Waals surface area contributed by atoms with E-state index in [1.165, 1.54) is 4.90 Å². The summed E-state index contributed by atoms with van der Waals surface area (Å²) in [6.45, 7) is 3.45. The van der Waals surface area contributed by atoms with Crippen molar-refractivity contribution in [2.75, 3.05) is 13.2 Å². The van der Waals surface area contributed by atoms with Gasteiger partial charge in [0.05, 0.1) is 12.6 Å². The second-order valence-corrected chi connectivity index (χ2v) is 8.76. The molecule has 2 rings (SSSR count). The van der Waals surface area contributed by atoms with Gasteiger partial charge in [-0.25, -0.2) is 4.79 Å². The first kappa shape index (κ1) is 26.3. The fraction of sp³-hybridized carbons (Fsp3) is 0.565. The molecule has 10 heteroatoms. The summed E-state index contributed by atoms with van der Waals surface area (Å²) >= 11 is 0. The van der Waals surface area contributed by atoms with Gasteiger partial charge in [0.1, 0.15) is 18.1 Å². The molecule has 0 spiro atoms. The Morgan fingerprint density at radius 2 is 1.79 bits per heavy atom. The lowest BCUT2D eigenvalue weighted by Gasteiger charge is -2.29. The van der Waals surface area contributed by atoms with E-state index in [4.69, 9.17) is 5.73 Å². The highest BCUT2D eigenvalue weighted by Crippen LogP contribution is 2.19. The van der Waals surface area contributed by atoms with Crippen molar-refractivity contribution in [1.82, 2.24) is 15.5 Å². The zero-order chi connectivity index (χ0) is 24.5. The van der Waals surface area contributed by atoms with Crippen molar-refractivity contribution in [3.8, 4) is 0 Å². The lowest BCUT2D eigenvalue weighted by atomic mass is 10.0. The van der Waals surface area contributed by atoms with Crippen molar-refractivity contribution < 1.29 is 29.4 Å². The first-order valence-electron chi connectivity index (χ1n) is 11.2. The number of benzene rings is 1. The van der Waals surface area contributed by atoms with E-state index in [-0.39, 0.29) is 18.9 Å². The molecule has 3 amide bonds. The molecule has 10 nitrogen and oxygen atoms in total. The Labute approximate surface area is 193 Å². The summed E-state index contributed by atoms with van der Waals surface area (Å²) < 4.78 is 0. The number of carbonyl (C=O) groups is 4. The van der Waals surface area contributed by atoms with E-state index in [0.717, 1.165) is 5.56 Å². The van der Waals surface area contributed by atoms with Crippen molar-refractivity contribution in [3.63, 3.8) is 0 Å². The molecule has 0 saturated carbocycles. The molecular weight excluding hydrogens is 428 g/mol. The van der Waals surface area contributed by atoms with Crippen LogP contribution >= 0.6 is 0 Å². The molecule has 0 aliphatic carbocycles. The standard InChI is InChI=1S/C23H34N4O6/c1-14(2)11-16(24)20(29)26-18(13-28)22(31)27-10-6-9-19(27)21(30)25-17(23(32)33)12-15-7-4-3-5-8-15/h3-5,7-8,14,16-19,28H,6,9-13,24H2,1-2H3,(H,25,30)(H,26,29)(H,32,33). The predicted molar refractivity (Wildman–Crippen MR) is 121 cm³/mol. The number of aliphatic hydroxyl groups is 1. The van der Waals surface area contributed by atoms with Gasteiger partial charge < -0.3 is 31.5 Å². The molecule has 6 N–H and O–H groups in total. The second kappa shape index (κ2) is 12.3. The van der Waals surface area contributed by atoms with Crippen LogP contribution in [0.25, 0.3) is 0 Å². The highest BCUT2D eigenvalue weighted by atomic mass is 16.4. The van der Waals surface area contributed by atoms with E-state index in [0.29, 0.717) is 19.3 Å². The van der Waals surface area contributed by atoms with Crippen LogP contribution in [0.1, 0.15) is 38.7 Å². The molecule has 1 aromatic rings. The average Bonchev–Trinajstić information content (AvgIpc) is 3.26. The second-order valence-electron chi connectivity index (χ2n) is 8.76. The summed E-state index contributed by atoms with van der Waals surface area (Å²) in [4.78, 5) is 51.2. The fourth-order valence-corrected chi connectivity index (χ4v) is 3.90. The van der Waals surface area contributed by atoms with Crippen LogP contribution in [-0.2, 0) is 25.6 Å². The minimum absolute atomic E-state index is 0.103.